The summed E-state index contributed by atoms with van der Waals surface area (Å²) >= 11 is 0. The predicted molar refractivity (Wildman–Crippen MR) is 77.7 cm³/mol. The zero-order valence-corrected chi connectivity index (χ0v) is 13.4. The first-order valence-electron chi connectivity index (χ1n) is 7.33. The predicted octanol–water partition coefficient (Wildman–Crippen LogP) is -4.36. The average molecular weight is 366 g/mol. The van der Waals surface area contributed by atoms with Gasteiger partial charge in [-0.15, -0.1) is 0 Å². The summed E-state index contributed by atoms with van der Waals surface area (Å²) in [6.45, 7) is -0.477. The van der Waals surface area contributed by atoms with Gasteiger partial charge >= 0.3 is 17.7 Å². The molecule has 1 amide bonds. The second-order valence-electron chi connectivity index (χ2n) is 5.56. The van der Waals surface area contributed by atoms with E-state index in [1.54, 1.807) is 0 Å². The summed E-state index contributed by atoms with van der Waals surface area (Å²) in [7, 11) is 0. The minimum atomic E-state index is -2.69. The van der Waals surface area contributed by atoms with Crippen LogP contribution in [0.4, 0.5) is 0 Å². The van der Waals surface area contributed by atoms with Gasteiger partial charge in [-0.1, -0.05) is 0 Å². The first-order valence-corrected chi connectivity index (χ1v) is 7.33. The van der Waals surface area contributed by atoms with Crippen molar-refractivity contribution in [3.8, 4) is 0 Å². The molecule has 0 aromatic carbocycles. The molecule has 1 aliphatic heterocycles. The van der Waals surface area contributed by atoms with E-state index in [4.69, 9.17) is 20.3 Å². The van der Waals surface area contributed by atoms with Gasteiger partial charge in [-0.3, -0.25) is 9.59 Å². The number of carboxylic acid groups (broad SMARTS) is 1. The second-order valence-corrected chi connectivity index (χ2v) is 5.56. The van der Waals surface area contributed by atoms with Crippen LogP contribution in [0.2, 0.25) is 0 Å². The fourth-order valence-corrected chi connectivity index (χ4v) is 2.46. The molecule has 0 aromatic heterocycles. The molecule has 12 heteroatoms. The molecule has 0 aromatic rings. The van der Waals surface area contributed by atoms with Crippen LogP contribution in [-0.4, -0.2) is 92.8 Å². The van der Waals surface area contributed by atoms with E-state index in [9.17, 15) is 34.8 Å². The highest BCUT2D eigenvalue weighted by Crippen LogP contribution is 2.33. The average Bonchev–Trinajstić information content (AvgIpc) is 2.54. The lowest BCUT2D eigenvalue weighted by atomic mass is 9.88. The minimum absolute atomic E-state index is 0.634. The van der Waals surface area contributed by atoms with Crippen LogP contribution in [0.1, 0.15) is 13.3 Å². The van der Waals surface area contributed by atoms with Gasteiger partial charge in [0.25, 0.3) is 0 Å². The molecule has 0 saturated carbocycles. The smallest absolute Gasteiger partial charge is 0.377 e. The number of aliphatic hydroxyl groups excluding tert-OH is 4. The number of nitrogens with two attached hydrogens (primary N) is 1. The van der Waals surface area contributed by atoms with Gasteiger partial charge in [0.2, 0.25) is 5.91 Å². The Morgan fingerprint density at radius 3 is 2.44 bits per heavy atom. The maximum atomic E-state index is 11.6. The molecule has 12 nitrogen and oxygen atoms in total. The molecular formula is C13H22N2O10. The molecule has 1 rings (SSSR count). The number of aliphatic hydroxyl groups is 4. The summed E-state index contributed by atoms with van der Waals surface area (Å²) in [5, 5.41) is 50.5. The SMILES string of the molecule is CC(=O)N[C@H]1[C@H]([C@H](O)[C@H](O)CO)O[C@](OC(=O)CN)(C(=O)O)C[C@@H]1O. The van der Waals surface area contributed by atoms with Crippen molar-refractivity contribution in [3.63, 3.8) is 0 Å². The number of carbonyl (C=O) groups excluding carboxylic acids is 2. The molecule has 144 valence electrons. The van der Waals surface area contributed by atoms with E-state index in [-0.39, 0.29) is 0 Å². The van der Waals surface area contributed by atoms with Crippen molar-refractivity contribution >= 4 is 17.8 Å². The molecule has 1 heterocycles. The number of hydrogen-bond acceptors (Lipinski definition) is 10. The largest absolute Gasteiger partial charge is 0.476 e. The molecule has 8 N–H and O–H groups in total. The van der Waals surface area contributed by atoms with Crippen LogP contribution in [0.15, 0.2) is 0 Å². The number of esters is 1. The molecule has 0 aliphatic carbocycles. The van der Waals surface area contributed by atoms with Crippen molar-refractivity contribution < 1.29 is 49.4 Å². The van der Waals surface area contributed by atoms with Gasteiger partial charge in [0, 0.05) is 6.92 Å². The Kier molecular flexibility index (Phi) is 7.22. The molecule has 25 heavy (non-hydrogen) atoms. The minimum Gasteiger partial charge on any atom is -0.476 e. The highest BCUT2D eigenvalue weighted by Gasteiger charge is 2.57. The van der Waals surface area contributed by atoms with Crippen LogP contribution >= 0.6 is 0 Å². The third-order valence-electron chi connectivity index (χ3n) is 3.63. The normalized spacial score (nSPS) is 31.7. The maximum absolute atomic E-state index is 11.6. The first-order chi connectivity index (χ1) is 11.6. The van der Waals surface area contributed by atoms with Gasteiger partial charge in [-0.2, -0.15) is 0 Å². The zero-order valence-electron chi connectivity index (χ0n) is 13.4. The Labute approximate surface area is 142 Å². The number of nitrogens with one attached hydrogen (secondary N) is 1. The van der Waals surface area contributed by atoms with Crippen LogP contribution in [-0.2, 0) is 23.9 Å². The van der Waals surface area contributed by atoms with Crippen LogP contribution < -0.4 is 11.1 Å². The number of rotatable bonds is 7. The molecule has 1 aliphatic rings. The van der Waals surface area contributed by atoms with Gasteiger partial charge in [0.1, 0.15) is 18.3 Å². The Hall–Kier alpha value is -1.83. The monoisotopic (exact) mass is 366 g/mol. The van der Waals surface area contributed by atoms with Gasteiger partial charge in [-0.25, -0.2) is 4.79 Å². The molecule has 0 bridgehead atoms. The molecule has 0 radical (unpaired) electrons. The number of carboxylic acids is 1. The fraction of sp³-hybridized carbons (Fsp3) is 0.769. The topological polar surface area (TPSA) is 209 Å². The van der Waals surface area contributed by atoms with Gasteiger partial charge in [0.15, 0.2) is 0 Å². The molecule has 0 unspecified atom stereocenters. The Bertz CT molecular complexity index is 515. The van der Waals surface area contributed by atoms with Crippen molar-refractivity contribution in [2.45, 2.75) is 49.6 Å². The molecule has 1 fully saturated rings. The third kappa shape index (κ3) is 4.84. The Balaban J connectivity index is 3.24. The fourth-order valence-electron chi connectivity index (χ4n) is 2.46. The Morgan fingerprint density at radius 1 is 1.40 bits per heavy atom. The summed E-state index contributed by atoms with van der Waals surface area (Å²) in [6.07, 6.45) is -7.78. The van der Waals surface area contributed by atoms with Gasteiger partial charge < -0.3 is 46.1 Å². The number of hydrogen-bond donors (Lipinski definition) is 7. The lowest BCUT2D eigenvalue weighted by Crippen LogP contribution is -2.68. The summed E-state index contributed by atoms with van der Waals surface area (Å²) in [6, 6.07) is -1.34. The van der Waals surface area contributed by atoms with E-state index in [1.807, 2.05) is 0 Å². The van der Waals surface area contributed by atoms with Crippen LogP contribution in [0.3, 0.4) is 0 Å². The lowest BCUT2D eigenvalue weighted by Gasteiger charge is -2.46. The van der Waals surface area contributed by atoms with Crippen molar-refractivity contribution in [1.82, 2.24) is 5.32 Å². The second kappa shape index (κ2) is 8.51. The quantitative estimate of drug-likeness (QED) is 0.214. The van der Waals surface area contributed by atoms with E-state index < -0.39 is 73.7 Å². The molecule has 6 atom stereocenters. The maximum Gasteiger partial charge on any atom is 0.377 e. The molecule has 1 saturated heterocycles. The van der Waals surface area contributed by atoms with Crippen LogP contribution in [0.25, 0.3) is 0 Å². The van der Waals surface area contributed by atoms with Crippen molar-refractivity contribution in [1.29, 1.82) is 0 Å². The third-order valence-corrected chi connectivity index (χ3v) is 3.63. The number of aliphatic carboxylic acids is 1. The standard InChI is InChI=1S/C13H22N2O10/c1-5(17)15-9-6(18)2-13(12(22)23,24-8(20)3-14)25-11(9)10(21)7(19)4-16/h6-7,9-11,16,18-19,21H,2-4,14H2,1H3,(H,15,17)(H,22,23)/t6-,7+,9+,10+,11+,13-/m0/s1. The van der Waals surface area contributed by atoms with E-state index in [0.29, 0.717) is 0 Å². The number of ether oxygens (including phenoxy) is 2. The number of amides is 1. The van der Waals surface area contributed by atoms with E-state index >= 15 is 0 Å². The van der Waals surface area contributed by atoms with E-state index in [1.165, 1.54) is 0 Å². The highest BCUT2D eigenvalue weighted by atomic mass is 16.7. The molecular weight excluding hydrogens is 344 g/mol. The first kappa shape index (κ1) is 21.2. The highest BCUT2D eigenvalue weighted by molar-refractivity contribution is 5.81. The van der Waals surface area contributed by atoms with Crippen LogP contribution in [0, 0.1) is 0 Å². The zero-order chi connectivity index (χ0) is 19.4. The summed E-state index contributed by atoms with van der Waals surface area (Å²) in [5.74, 6) is -6.26. The summed E-state index contributed by atoms with van der Waals surface area (Å²) < 4.78 is 9.88. The van der Waals surface area contributed by atoms with E-state index in [2.05, 4.69) is 5.32 Å². The van der Waals surface area contributed by atoms with Crippen LogP contribution in [0.5, 0.6) is 0 Å². The van der Waals surface area contributed by atoms with Crippen molar-refractivity contribution in [2.24, 2.45) is 5.73 Å². The van der Waals surface area contributed by atoms with Crippen molar-refractivity contribution in [3.05, 3.63) is 0 Å². The van der Waals surface area contributed by atoms with Gasteiger partial charge in [0.05, 0.1) is 31.7 Å². The lowest BCUT2D eigenvalue weighted by molar-refractivity contribution is -0.300. The van der Waals surface area contributed by atoms with Crippen molar-refractivity contribution in [2.75, 3.05) is 13.2 Å². The Morgan fingerprint density at radius 2 is 2.00 bits per heavy atom. The molecule has 0 spiro atoms. The van der Waals surface area contributed by atoms with Gasteiger partial charge in [-0.05, 0) is 0 Å². The summed E-state index contributed by atoms with van der Waals surface area (Å²) in [4.78, 5) is 34.3. The number of carbonyl (C=O) groups is 3. The summed E-state index contributed by atoms with van der Waals surface area (Å²) in [5.41, 5.74) is 5.08. The van der Waals surface area contributed by atoms with E-state index in [0.717, 1.165) is 6.92 Å².